The lowest BCUT2D eigenvalue weighted by Crippen LogP contribution is -2.49. The van der Waals surface area contributed by atoms with Crippen LogP contribution in [0.15, 0.2) is 12.3 Å². The number of piperidine rings is 2. The fourth-order valence-electron chi connectivity index (χ4n) is 3.28. The second kappa shape index (κ2) is 6.24. The Hall–Kier alpha value is -0.910. The Bertz CT molecular complexity index is 451. The lowest BCUT2D eigenvalue weighted by Gasteiger charge is -2.41. The Morgan fingerprint density at radius 3 is 2.70 bits per heavy atom. The van der Waals surface area contributed by atoms with E-state index in [1.807, 2.05) is 6.07 Å². The van der Waals surface area contributed by atoms with Gasteiger partial charge in [0.25, 0.3) is 0 Å². The van der Waals surface area contributed by atoms with Crippen molar-refractivity contribution in [2.24, 2.45) is 0 Å². The molecule has 3 rings (SSSR count). The summed E-state index contributed by atoms with van der Waals surface area (Å²) in [4.78, 5) is 12.9. The summed E-state index contributed by atoms with van der Waals surface area (Å²) in [6, 6.07) is 2.51. The lowest BCUT2D eigenvalue weighted by molar-refractivity contribution is 0.0398. The maximum Gasteiger partial charge on any atom is 0.224 e. The van der Waals surface area contributed by atoms with Crippen LogP contribution in [-0.2, 0) is 0 Å². The second-order valence-electron chi connectivity index (χ2n) is 5.69. The van der Waals surface area contributed by atoms with Crippen molar-refractivity contribution >= 4 is 17.4 Å². The topological polar surface area (TPSA) is 52.5 Å². The zero-order chi connectivity index (χ0) is 13.9. The molecule has 0 saturated carbocycles. The third kappa shape index (κ3) is 3.22. The zero-order valence-corrected chi connectivity index (χ0v) is 12.3. The summed E-state index contributed by atoms with van der Waals surface area (Å²) in [6.07, 6.45) is 5.88. The van der Waals surface area contributed by atoms with Crippen LogP contribution in [0.25, 0.3) is 0 Å². The summed E-state index contributed by atoms with van der Waals surface area (Å²) in [5.74, 6) is 0.919. The number of rotatable bonds is 2. The van der Waals surface area contributed by atoms with Crippen LogP contribution in [0.1, 0.15) is 25.7 Å². The lowest BCUT2D eigenvalue weighted by atomic mass is 9.99. The first-order valence-electron chi connectivity index (χ1n) is 7.38. The maximum absolute atomic E-state index is 9.79. The molecular formula is C14H21ClN4O. The first-order valence-corrected chi connectivity index (χ1v) is 7.76. The van der Waals surface area contributed by atoms with Crippen molar-refractivity contribution in [1.29, 1.82) is 0 Å². The van der Waals surface area contributed by atoms with E-state index in [2.05, 4.69) is 19.8 Å². The highest BCUT2D eigenvalue weighted by Gasteiger charge is 2.28. The standard InChI is InChI=1S/C14H21ClN4O/c15-14-16-6-3-13(17-14)18-8-4-11(5-9-18)19-7-1-2-12(20)10-19/h3,6,11-12,20H,1-2,4-5,7-10H2. The van der Waals surface area contributed by atoms with Gasteiger partial charge in [-0.25, -0.2) is 9.97 Å². The summed E-state index contributed by atoms with van der Waals surface area (Å²) in [7, 11) is 0. The van der Waals surface area contributed by atoms with Gasteiger partial charge in [-0.3, -0.25) is 4.90 Å². The normalized spacial score (nSPS) is 25.9. The minimum atomic E-state index is -0.137. The van der Waals surface area contributed by atoms with E-state index in [0.29, 0.717) is 11.3 Å². The molecule has 6 heteroatoms. The molecule has 1 N–H and O–H groups in total. The molecule has 110 valence electrons. The number of aromatic nitrogens is 2. The number of aliphatic hydroxyl groups is 1. The molecule has 0 bridgehead atoms. The van der Waals surface area contributed by atoms with Crippen molar-refractivity contribution in [1.82, 2.24) is 14.9 Å². The van der Waals surface area contributed by atoms with Gasteiger partial charge in [0.15, 0.2) is 0 Å². The molecule has 1 aromatic heterocycles. The fraction of sp³-hybridized carbons (Fsp3) is 0.714. The molecule has 1 atom stereocenters. The highest BCUT2D eigenvalue weighted by atomic mass is 35.5. The largest absolute Gasteiger partial charge is 0.392 e. The third-order valence-corrected chi connectivity index (χ3v) is 4.53. The smallest absolute Gasteiger partial charge is 0.224 e. The van der Waals surface area contributed by atoms with Crippen LogP contribution < -0.4 is 4.90 Å². The van der Waals surface area contributed by atoms with Gasteiger partial charge in [-0.2, -0.15) is 0 Å². The number of nitrogens with zero attached hydrogens (tertiary/aromatic N) is 4. The predicted octanol–water partition coefficient (Wildman–Crippen LogP) is 1.56. The molecule has 1 unspecified atom stereocenters. The van der Waals surface area contributed by atoms with Gasteiger partial charge < -0.3 is 10.0 Å². The second-order valence-corrected chi connectivity index (χ2v) is 6.03. The Labute approximate surface area is 124 Å². The monoisotopic (exact) mass is 296 g/mol. The van der Waals surface area contributed by atoms with Gasteiger partial charge in [-0.1, -0.05) is 0 Å². The van der Waals surface area contributed by atoms with Crippen molar-refractivity contribution in [2.75, 3.05) is 31.1 Å². The van der Waals surface area contributed by atoms with E-state index in [9.17, 15) is 5.11 Å². The van der Waals surface area contributed by atoms with E-state index in [1.165, 1.54) is 0 Å². The Kier molecular flexibility index (Phi) is 4.38. The van der Waals surface area contributed by atoms with Crippen LogP contribution in [-0.4, -0.2) is 58.3 Å². The van der Waals surface area contributed by atoms with Crippen molar-refractivity contribution in [3.8, 4) is 0 Å². The van der Waals surface area contributed by atoms with Gasteiger partial charge in [0.05, 0.1) is 6.10 Å². The molecule has 0 amide bonds. The number of anilines is 1. The van der Waals surface area contributed by atoms with Crippen LogP contribution in [0.5, 0.6) is 0 Å². The summed E-state index contributed by atoms with van der Waals surface area (Å²) < 4.78 is 0. The molecule has 2 aliphatic heterocycles. The third-order valence-electron chi connectivity index (χ3n) is 4.34. The molecular weight excluding hydrogens is 276 g/mol. The van der Waals surface area contributed by atoms with Crippen molar-refractivity contribution in [2.45, 2.75) is 37.8 Å². The van der Waals surface area contributed by atoms with E-state index >= 15 is 0 Å². The molecule has 2 fully saturated rings. The van der Waals surface area contributed by atoms with Gasteiger partial charge in [-0.05, 0) is 49.9 Å². The van der Waals surface area contributed by atoms with E-state index in [-0.39, 0.29) is 6.10 Å². The highest BCUT2D eigenvalue weighted by molar-refractivity contribution is 6.28. The molecule has 20 heavy (non-hydrogen) atoms. The van der Waals surface area contributed by atoms with Crippen LogP contribution in [0, 0.1) is 0 Å². The summed E-state index contributed by atoms with van der Waals surface area (Å²) in [5.41, 5.74) is 0. The summed E-state index contributed by atoms with van der Waals surface area (Å²) in [6.45, 7) is 3.94. The first-order chi connectivity index (χ1) is 9.72. The minimum absolute atomic E-state index is 0.137. The Morgan fingerprint density at radius 1 is 1.20 bits per heavy atom. The number of aliphatic hydroxyl groups excluding tert-OH is 1. The van der Waals surface area contributed by atoms with Crippen molar-refractivity contribution in [3.63, 3.8) is 0 Å². The van der Waals surface area contributed by atoms with Crippen molar-refractivity contribution < 1.29 is 5.11 Å². The van der Waals surface area contributed by atoms with Crippen LogP contribution >= 0.6 is 11.6 Å². The van der Waals surface area contributed by atoms with Gasteiger partial charge >= 0.3 is 0 Å². The highest BCUT2D eigenvalue weighted by Crippen LogP contribution is 2.24. The molecule has 0 radical (unpaired) electrons. The molecule has 0 spiro atoms. The average Bonchev–Trinajstić information content (AvgIpc) is 2.47. The van der Waals surface area contributed by atoms with E-state index in [4.69, 9.17) is 11.6 Å². The van der Waals surface area contributed by atoms with Crippen LogP contribution in [0.4, 0.5) is 5.82 Å². The molecule has 5 nitrogen and oxygen atoms in total. The van der Waals surface area contributed by atoms with Gasteiger partial charge in [0, 0.05) is 31.9 Å². The number of hydrogen-bond donors (Lipinski definition) is 1. The minimum Gasteiger partial charge on any atom is -0.392 e. The van der Waals surface area contributed by atoms with Crippen LogP contribution in [0.2, 0.25) is 5.28 Å². The Morgan fingerprint density at radius 2 is 2.00 bits per heavy atom. The maximum atomic E-state index is 9.79. The summed E-state index contributed by atoms with van der Waals surface area (Å²) >= 11 is 5.85. The van der Waals surface area contributed by atoms with Gasteiger partial charge in [0.1, 0.15) is 5.82 Å². The molecule has 3 heterocycles. The van der Waals surface area contributed by atoms with Gasteiger partial charge in [0.2, 0.25) is 5.28 Å². The van der Waals surface area contributed by atoms with Gasteiger partial charge in [-0.15, -0.1) is 0 Å². The number of likely N-dealkylation sites (tertiary alicyclic amines) is 1. The number of halogens is 1. The van der Waals surface area contributed by atoms with E-state index in [0.717, 1.165) is 57.7 Å². The number of hydrogen-bond acceptors (Lipinski definition) is 5. The van der Waals surface area contributed by atoms with Crippen LogP contribution in [0.3, 0.4) is 0 Å². The number of β-amino-alcohol motifs (C(OH)–C–C–N with tert-alkyl or cyclic N) is 1. The molecule has 0 aliphatic carbocycles. The Balaban J connectivity index is 1.56. The van der Waals surface area contributed by atoms with E-state index < -0.39 is 0 Å². The summed E-state index contributed by atoms with van der Waals surface area (Å²) in [5, 5.41) is 10.1. The quantitative estimate of drug-likeness (QED) is 0.839. The fourth-order valence-corrected chi connectivity index (χ4v) is 3.42. The SMILES string of the molecule is OC1CCCN(C2CCN(c3ccnc(Cl)n3)CC2)C1. The molecule has 1 aromatic rings. The first kappa shape index (κ1) is 14.0. The molecule has 0 aromatic carbocycles. The molecule has 2 saturated heterocycles. The van der Waals surface area contributed by atoms with E-state index in [1.54, 1.807) is 6.20 Å². The predicted molar refractivity (Wildman–Crippen MR) is 79.1 cm³/mol. The zero-order valence-electron chi connectivity index (χ0n) is 11.6. The van der Waals surface area contributed by atoms with Crippen molar-refractivity contribution in [3.05, 3.63) is 17.5 Å². The molecule has 2 aliphatic rings. The average molecular weight is 297 g/mol.